The van der Waals surface area contributed by atoms with E-state index in [4.69, 9.17) is 14.2 Å². The smallest absolute Gasteiger partial charge is 0.204 e. The Kier molecular flexibility index (Phi) is 10.2. The first-order valence-corrected chi connectivity index (χ1v) is 12.4. The summed E-state index contributed by atoms with van der Waals surface area (Å²) in [5, 5.41) is 0. The highest BCUT2D eigenvalue weighted by molar-refractivity contribution is 5.60. The molecule has 3 aromatic carbocycles. The van der Waals surface area contributed by atoms with Gasteiger partial charge in [-0.2, -0.15) is 0 Å². The molecular weight excluding hydrogens is 408 g/mol. The number of hydrogen-bond acceptors (Lipinski definition) is 3. The summed E-state index contributed by atoms with van der Waals surface area (Å²) < 4.78 is 18.4. The van der Waals surface area contributed by atoms with Gasteiger partial charge in [-0.1, -0.05) is 60.7 Å². The quantitative estimate of drug-likeness (QED) is 0.261. The molecule has 0 spiro atoms. The van der Waals surface area contributed by atoms with Gasteiger partial charge in [0.2, 0.25) is 5.75 Å². The van der Waals surface area contributed by atoms with Gasteiger partial charge >= 0.3 is 0 Å². The molecule has 0 N–H and O–H groups in total. The van der Waals surface area contributed by atoms with E-state index in [1.807, 2.05) is 20.8 Å². The van der Waals surface area contributed by atoms with Crippen LogP contribution >= 0.6 is 0 Å². The summed E-state index contributed by atoms with van der Waals surface area (Å²) >= 11 is 0. The molecule has 0 bridgehead atoms. The van der Waals surface area contributed by atoms with Crippen LogP contribution in [0.25, 0.3) is 0 Å². The molecule has 0 radical (unpaired) electrons. The van der Waals surface area contributed by atoms with Crippen molar-refractivity contribution < 1.29 is 14.2 Å². The van der Waals surface area contributed by atoms with Crippen LogP contribution < -0.4 is 14.2 Å². The van der Waals surface area contributed by atoms with Crippen molar-refractivity contribution in [3.63, 3.8) is 0 Å². The van der Waals surface area contributed by atoms with Gasteiger partial charge in [-0.25, -0.2) is 0 Å². The fraction of sp³-hybridized carbons (Fsp3) is 0.400. The molecule has 3 nitrogen and oxygen atoms in total. The van der Waals surface area contributed by atoms with Crippen molar-refractivity contribution in [1.29, 1.82) is 0 Å². The van der Waals surface area contributed by atoms with Crippen molar-refractivity contribution in [2.24, 2.45) is 0 Å². The van der Waals surface area contributed by atoms with Crippen molar-refractivity contribution in [2.75, 3.05) is 19.8 Å². The van der Waals surface area contributed by atoms with Crippen molar-refractivity contribution >= 4 is 0 Å². The van der Waals surface area contributed by atoms with Gasteiger partial charge in [0.05, 0.1) is 19.8 Å². The molecule has 3 heteroatoms. The molecule has 33 heavy (non-hydrogen) atoms. The standard InChI is InChI=1S/C30H38O3/c1-4-31-28-26(21-13-19-24-15-9-7-10-16-24)23-27(29(32-5-2)30(28)33-6-3)22-14-20-25-17-11-8-12-18-25/h7-12,15-18,23H,4-6,13-14,19-22H2,1-3H3. The molecule has 0 aliphatic rings. The first-order valence-electron chi connectivity index (χ1n) is 12.4. The molecule has 0 saturated carbocycles. The van der Waals surface area contributed by atoms with E-state index < -0.39 is 0 Å². The number of benzene rings is 3. The normalized spacial score (nSPS) is 10.8. The van der Waals surface area contributed by atoms with Crippen LogP contribution in [0.15, 0.2) is 66.7 Å². The number of ether oxygens (including phenoxy) is 3. The van der Waals surface area contributed by atoms with Crippen molar-refractivity contribution in [1.82, 2.24) is 0 Å². The van der Waals surface area contributed by atoms with E-state index in [-0.39, 0.29) is 0 Å². The third kappa shape index (κ3) is 7.28. The summed E-state index contributed by atoms with van der Waals surface area (Å²) in [7, 11) is 0. The molecule has 0 aliphatic heterocycles. The van der Waals surface area contributed by atoms with Crippen LogP contribution in [0.1, 0.15) is 55.9 Å². The van der Waals surface area contributed by atoms with E-state index in [9.17, 15) is 0 Å². The lowest BCUT2D eigenvalue weighted by Gasteiger charge is -2.22. The fourth-order valence-corrected chi connectivity index (χ4v) is 4.24. The Morgan fingerprint density at radius 1 is 0.485 bits per heavy atom. The zero-order chi connectivity index (χ0) is 23.3. The lowest BCUT2D eigenvalue weighted by molar-refractivity contribution is 0.257. The average Bonchev–Trinajstić information content (AvgIpc) is 2.84. The Labute approximate surface area is 199 Å². The predicted octanol–water partition coefficient (Wildman–Crippen LogP) is 7.23. The molecule has 0 saturated heterocycles. The van der Waals surface area contributed by atoms with Gasteiger partial charge in [-0.3, -0.25) is 0 Å². The number of hydrogen-bond donors (Lipinski definition) is 0. The van der Waals surface area contributed by atoms with Gasteiger partial charge in [0.15, 0.2) is 11.5 Å². The molecule has 3 rings (SSSR count). The molecular formula is C30H38O3. The van der Waals surface area contributed by atoms with Crippen LogP contribution in [0.3, 0.4) is 0 Å². The van der Waals surface area contributed by atoms with Crippen molar-refractivity contribution in [3.05, 3.63) is 89.0 Å². The van der Waals surface area contributed by atoms with Crippen molar-refractivity contribution in [3.8, 4) is 17.2 Å². The molecule has 3 aromatic rings. The summed E-state index contributed by atoms with van der Waals surface area (Å²) in [6.45, 7) is 7.85. The van der Waals surface area contributed by atoms with Crippen LogP contribution in [0.5, 0.6) is 17.2 Å². The van der Waals surface area contributed by atoms with Gasteiger partial charge in [0.25, 0.3) is 0 Å². The Morgan fingerprint density at radius 2 is 0.879 bits per heavy atom. The maximum absolute atomic E-state index is 6.13. The topological polar surface area (TPSA) is 27.7 Å². The van der Waals surface area contributed by atoms with Gasteiger partial charge in [0, 0.05) is 0 Å². The van der Waals surface area contributed by atoms with Crippen LogP contribution in [0, 0.1) is 0 Å². The minimum Gasteiger partial charge on any atom is -0.490 e. The molecule has 0 atom stereocenters. The summed E-state index contributed by atoms with van der Waals surface area (Å²) in [6, 6.07) is 23.7. The second-order valence-corrected chi connectivity index (χ2v) is 8.16. The molecule has 0 amide bonds. The van der Waals surface area contributed by atoms with E-state index in [1.54, 1.807) is 0 Å². The second kappa shape index (κ2) is 13.6. The minimum absolute atomic E-state index is 0.580. The zero-order valence-electron chi connectivity index (χ0n) is 20.4. The first-order chi connectivity index (χ1) is 16.3. The summed E-state index contributed by atoms with van der Waals surface area (Å²) in [4.78, 5) is 0. The van der Waals surface area contributed by atoms with Crippen LogP contribution in [-0.2, 0) is 25.7 Å². The fourth-order valence-electron chi connectivity index (χ4n) is 4.24. The Morgan fingerprint density at radius 3 is 1.27 bits per heavy atom. The lowest BCUT2D eigenvalue weighted by atomic mass is 9.97. The monoisotopic (exact) mass is 446 g/mol. The average molecular weight is 447 g/mol. The zero-order valence-corrected chi connectivity index (χ0v) is 20.4. The van der Waals surface area contributed by atoms with E-state index in [1.165, 1.54) is 22.3 Å². The second-order valence-electron chi connectivity index (χ2n) is 8.16. The summed E-state index contributed by atoms with van der Waals surface area (Å²) in [6.07, 6.45) is 6.12. The summed E-state index contributed by atoms with van der Waals surface area (Å²) in [5.74, 6) is 2.47. The highest BCUT2D eigenvalue weighted by atomic mass is 16.5. The minimum atomic E-state index is 0.580. The Hall–Kier alpha value is -2.94. The third-order valence-corrected chi connectivity index (χ3v) is 5.72. The highest BCUT2D eigenvalue weighted by Gasteiger charge is 2.22. The Bertz CT molecular complexity index is 878. The van der Waals surface area contributed by atoms with E-state index in [2.05, 4.69) is 66.7 Å². The summed E-state index contributed by atoms with van der Waals surface area (Å²) in [5.41, 5.74) is 5.17. The predicted molar refractivity (Wildman–Crippen MR) is 137 cm³/mol. The largest absolute Gasteiger partial charge is 0.490 e. The molecule has 0 heterocycles. The molecule has 0 fully saturated rings. The van der Waals surface area contributed by atoms with E-state index >= 15 is 0 Å². The third-order valence-electron chi connectivity index (χ3n) is 5.72. The lowest BCUT2D eigenvalue weighted by Crippen LogP contribution is -2.08. The van der Waals surface area contributed by atoms with Crippen LogP contribution in [0.2, 0.25) is 0 Å². The van der Waals surface area contributed by atoms with Crippen molar-refractivity contribution in [2.45, 2.75) is 59.3 Å². The van der Waals surface area contributed by atoms with E-state index in [0.29, 0.717) is 19.8 Å². The van der Waals surface area contributed by atoms with Crippen LogP contribution in [-0.4, -0.2) is 19.8 Å². The maximum Gasteiger partial charge on any atom is 0.204 e. The first kappa shape index (κ1) is 24.7. The molecule has 0 aromatic heterocycles. The molecule has 176 valence electrons. The highest BCUT2D eigenvalue weighted by Crippen LogP contribution is 2.44. The van der Waals surface area contributed by atoms with Gasteiger partial charge < -0.3 is 14.2 Å². The van der Waals surface area contributed by atoms with E-state index in [0.717, 1.165) is 55.8 Å². The Balaban J connectivity index is 1.86. The number of aryl methyl sites for hydroxylation is 4. The van der Waals surface area contributed by atoms with Gasteiger partial charge in [0.1, 0.15) is 0 Å². The molecule has 0 unspecified atom stereocenters. The van der Waals surface area contributed by atoms with Gasteiger partial charge in [-0.15, -0.1) is 0 Å². The van der Waals surface area contributed by atoms with Gasteiger partial charge in [-0.05, 0) is 87.6 Å². The van der Waals surface area contributed by atoms with Crippen LogP contribution in [0.4, 0.5) is 0 Å². The SMILES string of the molecule is CCOc1c(CCCc2ccccc2)cc(CCCc2ccccc2)c(OCC)c1OCC. The molecule has 0 aliphatic carbocycles. The number of rotatable bonds is 14. The maximum atomic E-state index is 6.13.